The van der Waals surface area contributed by atoms with Gasteiger partial charge in [0, 0.05) is 24.0 Å². The zero-order valence-corrected chi connectivity index (χ0v) is 16.7. The molecule has 5 heteroatoms. The smallest absolute Gasteiger partial charge is 0.213 e. The Morgan fingerprint density at radius 2 is 2.08 bits per heavy atom. The van der Waals surface area contributed by atoms with Crippen molar-refractivity contribution >= 4 is 23.3 Å². The lowest BCUT2D eigenvalue weighted by atomic mass is 9.62. The second-order valence-corrected chi connectivity index (χ2v) is 7.69. The first kappa shape index (κ1) is 21.4. The fourth-order valence-electron chi connectivity index (χ4n) is 2.91. The lowest BCUT2D eigenvalue weighted by Crippen LogP contribution is -2.34. The number of benzene rings is 1. The summed E-state index contributed by atoms with van der Waals surface area (Å²) in [5.74, 6) is 0.443. The van der Waals surface area contributed by atoms with E-state index in [1.165, 1.54) is 6.07 Å². The number of allylic oxidation sites excluding steroid dienone is 1. The standard InChI is InChI=1S/C20H30BFN2S/c1-8-9-10-20(15(3)23)24(6)16(4)19-13-17(22)11-12-18(19)14(2)21(5)25-7/h8,11-14,20H,1,3-4,9-10,23H2,2,5-7H3. The molecular formula is C20H30BFN2S. The highest BCUT2D eigenvalue weighted by atomic mass is 32.2. The van der Waals surface area contributed by atoms with E-state index >= 15 is 0 Å². The van der Waals surface area contributed by atoms with Crippen LogP contribution in [-0.2, 0) is 0 Å². The van der Waals surface area contributed by atoms with E-state index in [2.05, 4.69) is 39.7 Å². The number of halogens is 1. The van der Waals surface area contributed by atoms with Gasteiger partial charge in [0.05, 0.1) is 6.04 Å². The molecule has 0 amide bonds. The van der Waals surface area contributed by atoms with Crippen LogP contribution in [0.4, 0.5) is 4.39 Å². The van der Waals surface area contributed by atoms with Gasteiger partial charge in [0.15, 0.2) is 0 Å². The predicted octanol–water partition coefficient (Wildman–Crippen LogP) is 5.16. The third-order valence-corrected chi connectivity index (χ3v) is 6.01. The van der Waals surface area contributed by atoms with Gasteiger partial charge in [0.1, 0.15) is 5.82 Å². The lowest BCUT2D eigenvalue weighted by molar-refractivity contribution is 0.369. The van der Waals surface area contributed by atoms with Crippen LogP contribution in [0.5, 0.6) is 0 Å². The van der Waals surface area contributed by atoms with Crippen molar-refractivity contribution in [2.75, 3.05) is 13.3 Å². The van der Waals surface area contributed by atoms with E-state index in [9.17, 15) is 4.39 Å². The van der Waals surface area contributed by atoms with Crippen molar-refractivity contribution in [1.82, 2.24) is 4.90 Å². The van der Waals surface area contributed by atoms with Crippen LogP contribution < -0.4 is 5.73 Å². The van der Waals surface area contributed by atoms with Gasteiger partial charge in [-0.3, -0.25) is 0 Å². The van der Waals surface area contributed by atoms with Crippen LogP contribution in [0.2, 0.25) is 6.82 Å². The highest BCUT2D eigenvalue weighted by Crippen LogP contribution is 2.33. The minimum Gasteiger partial charge on any atom is -0.401 e. The summed E-state index contributed by atoms with van der Waals surface area (Å²) in [6.45, 7) is 16.3. The molecule has 0 aliphatic heterocycles. The zero-order chi connectivity index (χ0) is 19.1. The van der Waals surface area contributed by atoms with Crippen molar-refractivity contribution in [3.8, 4) is 0 Å². The Morgan fingerprint density at radius 1 is 1.44 bits per heavy atom. The Kier molecular flexibility index (Phi) is 8.37. The molecule has 2 atom stereocenters. The van der Waals surface area contributed by atoms with Gasteiger partial charge in [-0.25, -0.2) is 16.0 Å². The van der Waals surface area contributed by atoms with Crippen LogP contribution in [0.15, 0.2) is 49.7 Å². The molecule has 2 unspecified atom stereocenters. The van der Waals surface area contributed by atoms with E-state index < -0.39 is 0 Å². The summed E-state index contributed by atoms with van der Waals surface area (Å²) in [7, 11) is 1.94. The molecule has 0 bridgehead atoms. The normalized spacial score (nSPS) is 13.0. The molecule has 25 heavy (non-hydrogen) atoms. The molecule has 0 aliphatic carbocycles. The monoisotopic (exact) mass is 360 g/mol. The summed E-state index contributed by atoms with van der Waals surface area (Å²) in [5, 5.41) is 0. The predicted molar refractivity (Wildman–Crippen MR) is 113 cm³/mol. The number of hydrogen-bond donors (Lipinski definition) is 1. The number of nitrogens with two attached hydrogens (primary N) is 1. The second kappa shape index (κ2) is 9.76. The number of hydrogen-bond acceptors (Lipinski definition) is 3. The van der Waals surface area contributed by atoms with Gasteiger partial charge in [-0.05, 0) is 42.6 Å². The molecule has 2 N–H and O–H groups in total. The molecule has 0 fully saturated rings. The van der Waals surface area contributed by atoms with E-state index in [4.69, 9.17) is 5.73 Å². The molecule has 1 aromatic carbocycles. The van der Waals surface area contributed by atoms with Gasteiger partial charge in [0.25, 0.3) is 0 Å². The fourth-order valence-corrected chi connectivity index (χ4v) is 3.47. The van der Waals surface area contributed by atoms with Gasteiger partial charge in [0.2, 0.25) is 5.99 Å². The molecule has 136 valence electrons. The minimum absolute atomic E-state index is 0.0603. The molecule has 2 nitrogen and oxygen atoms in total. The Labute approximate surface area is 157 Å². The molecule has 0 heterocycles. The van der Waals surface area contributed by atoms with Crippen LogP contribution in [-0.4, -0.2) is 30.2 Å². The van der Waals surface area contributed by atoms with Crippen molar-refractivity contribution in [2.24, 2.45) is 5.73 Å². The summed E-state index contributed by atoms with van der Waals surface area (Å²) in [6, 6.07) is 4.90. The first-order valence-corrected chi connectivity index (χ1v) is 9.82. The second-order valence-electron chi connectivity index (χ2n) is 6.48. The van der Waals surface area contributed by atoms with Gasteiger partial charge >= 0.3 is 0 Å². The Morgan fingerprint density at radius 3 is 2.60 bits per heavy atom. The summed E-state index contributed by atoms with van der Waals surface area (Å²) >= 11 is 1.80. The first-order chi connectivity index (χ1) is 11.7. The maximum absolute atomic E-state index is 14.0. The van der Waals surface area contributed by atoms with E-state index in [1.807, 2.05) is 24.1 Å². The lowest BCUT2D eigenvalue weighted by Gasteiger charge is -2.33. The average Bonchev–Trinajstić information content (AvgIpc) is 2.59. The highest BCUT2D eigenvalue weighted by molar-refractivity contribution is 8.25. The zero-order valence-electron chi connectivity index (χ0n) is 15.9. The fraction of sp³-hybridized carbons (Fsp3) is 0.400. The van der Waals surface area contributed by atoms with Gasteiger partial charge in [-0.15, -0.1) is 6.58 Å². The van der Waals surface area contributed by atoms with Crippen molar-refractivity contribution < 1.29 is 4.39 Å². The van der Waals surface area contributed by atoms with Crippen molar-refractivity contribution in [3.63, 3.8) is 0 Å². The summed E-state index contributed by atoms with van der Waals surface area (Å²) in [4.78, 5) is 2.00. The molecule has 1 aromatic rings. The molecule has 0 saturated heterocycles. The third kappa shape index (κ3) is 5.43. The van der Waals surface area contributed by atoms with Gasteiger partial charge < -0.3 is 10.6 Å². The molecule has 0 saturated carbocycles. The van der Waals surface area contributed by atoms with Crippen molar-refractivity contribution in [1.29, 1.82) is 0 Å². The van der Waals surface area contributed by atoms with E-state index in [-0.39, 0.29) is 17.7 Å². The Bertz CT molecular complexity index is 632. The molecule has 1 rings (SSSR count). The van der Waals surface area contributed by atoms with Crippen LogP contribution in [0.1, 0.15) is 36.7 Å². The third-order valence-electron chi connectivity index (χ3n) is 4.86. The van der Waals surface area contributed by atoms with Crippen LogP contribution >= 0.6 is 11.6 Å². The molecule has 0 aliphatic rings. The first-order valence-electron chi connectivity index (χ1n) is 8.54. The largest absolute Gasteiger partial charge is 0.401 e. The van der Waals surface area contributed by atoms with Crippen LogP contribution in [0, 0.1) is 5.82 Å². The van der Waals surface area contributed by atoms with Crippen LogP contribution in [0.25, 0.3) is 5.70 Å². The minimum atomic E-state index is -0.258. The van der Waals surface area contributed by atoms with E-state index in [0.29, 0.717) is 11.7 Å². The van der Waals surface area contributed by atoms with Crippen molar-refractivity contribution in [2.45, 2.75) is 38.4 Å². The summed E-state index contributed by atoms with van der Waals surface area (Å²) < 4.78 is 14.0. The maximum atomic E-state index is 14.0. The topological polar surface area (TPSA) is 29.3 Å². The molecule has 0 spiro atoms. The summed E-state index contributed by atoms with van der Waals surface area (Å²) in [6.07, 6.45) is 5.58. The SMILES string of the molecule is C=CCCC(C(=C)N)N(C)C(=C)c1cc(F)ccc1C(C)B(C)SC. The number of rotatable bonds is 10. The molecule has 0 aromatic heterocycles. The van der Waals surface area contributed by atoms with Crippen molar-refractivity contribution in [3.05, 3.63) is 66.7 Å². The molecule has 0 radical (unpaired) electrons. The average molecular weight is 360 g/mol. The number of likely N-dealkylation sites (N-methyl/N-ethyl adjacent to an activating group) is 1. The molecular weight excluding hydrogens is 330 g/mol. The summed E-state index contributed by atoms with van der Waals surface area (Å²) in [5.41, 5.74) is 9.28. The maximum Gasteiger partial charge on any atom is 0.213 e. The van der Waals surface area contributed by atoms with E-state index in [1.54, 1.807) is 17.7 Å². The Hall–Kier alpha value is -1.62. The Balaban J connectivity index is 3.24. The van der Waals surface area contributed by atoms with Gasteiger partial charge in [-0.1, -0.05) is 39.0 Å². The quantitative estimate of drug-likeness (QED) is 0.461. The van der Waals surface area contributed by atoms with E-state index in [0.717, 1.165) is 29.7 Å². The number of nitrogens with zero attached hydrogens (tertiary/aromatic N) is 1. The van der Waals surface area contributed by atoms with Gasteiger partial charge in [-0.2, -0.15) is 0 Å². The highest BCUT2D eigenvalue weighted by Gasteiger charge is 2.24. The van der Waals surface area contributed by atoms with Crippen LogP contribution in [0.3, 0.4) is 0 Å².